The Morgan fingerprint density at radius 2 is 2.07 bits per heavy atom. The van der Waals surface area contributed by atoms with Crippen LogP contribution >= 0.6 is 0 Å². The zero-order valence-electron chi connectivity index (χ0n) is 9.54. The number of nitrogens with zero attached hydrogens (tertiary/aromatic N) is 1. The average Bonchev–Trinajstić information content (AvgIpc) is 2.52. The van der Waals surface area contributed by atoms with Crippen molar-refractivity contribution in [3.63, 3.8) is 0 Å². The van der Waals surface area contributed by atoms with Gasteiger partial charge in [0.25, 0.3) is 0 Å². The normalized spacial score (nSPS) is 20.9. The van der Waals surface area contributed by atoms with Gasteiger partial charge in [-0.2, -0.15) is 0 Å². The summed E-state index contributed by atoms with van der Waals surface area (Å²) in [5, 5.41) is 3.31. The van der Waals surface area contributed by atoms with Crippen LogP contribution in [-0.4, -0.2) is 44.7 Å². The second kappa shape index (κ2) is 6.45. The zero-order chi connectivity index (χ0) is 11.1. The number of unbranched alkanes of at least 4 members (excludes halogenated alkanes) is 1. The largest absolute Gasteiger partial charge is 0.317 e. The van der Waals surface area contributed by atoms with Gasteiger partial charge in [-0.1, -0.05) is 6.92 Å². The molecule has 0 unspecified atom stereocenters. The monoisotopic (exact) mass is 234 g/mol. The first kappa shape index (κ1) is 12.9. The molecule has 0 aromatic rings. The zero-order valence-corrected chi connectivity index (χ0v) is 10.4. The summed E-state index contributed by atoms with van der Waals surface area (Å²) in [6, 6.07) is 0. The van der Waals surface area contributed by atoms with Crippen LogP contribution in [0.25, 0.3) is 0 Å². The fraction of sp³-hybridized carbons (Fsp3) is 1.00. The SMILES string of the molecule is CCCNCCCCN1CCCS1(=O)=O. The predicted molar refractivity (Wildman–Crippen MR) is 62.4 cm³/mol. The molecule has 1 aliphatic rings. The average molecular weight is 234 g/mol. The van der Waals surface area contributed by atoms with Gasteiger partial charge in [0.05, 0.1) is 5.75 Å². The molecule has 0 aliphatic carbocycles. The van der Waals surface area contributed by atoms with Crippen molar-refractivity contribution in [1.82, 2.24) is 9.62 Å². The fourth-order valence-electron chi connectivity index (χ4n) is 1.78. The number of nitrogens with one attached hydrogen (secondary N) is 1. The summed E-state index contributed by atoms with van der Waals surface area (Å²) in [4.78, 5) is 0. The van der Waals surface area contributed by atoms with Crippen LogP contribution in [0.4, 0.5) is 0 Å². The Kier molecular flexibility index (Phi) is 5.56. The van der Waals surface area contributed by atoms with Gasteiger partial charge >= 0.3 is 0 Å². The molecule has 0 aromatic heterocycles. The molecule has 1 heterocycles. The molecule has 5 heteroatoms. The summed E-state index contributed by atoms with van der Waals surface area (Å²) in [7, 11) is -2.87. The van der Waals surface area contributed by atoms with Crippen molar-refractivity contribution < 1.29 is 8.42 Å². The van der Waals surface area contributed by atoms with Crippen LogP contribution in [0.2, 0.25) is 0 Å². The highest BCUT2D eigenvalue weighted by molar-refractivity contribution is 7.89. The van der Waals surface area contributed by atoms with Crippen molar-refractivity contribution in [2.24, 2.45) is 0 Å². The van der Waals surface area contributed by atoms with Crippen LogP contribution in [0.15, 0.2) is 0 Å². The van der Waals surface area contributed by atoms with Crippen LogP contribution in [0.3, 0.4) is 0 Å². The number of hydrogen-bond acceptors (Lipinski definition) is 3. The Labute approximate surface area is 93.1 Å². The van der Waals surface area contributed by atoms with Crippen LogP contribution < -0.4 is 5.32 Å². The van der Waals surface area contributed by atoms with Crippen molar-refractivity contribution >= 4 is 10.0 Å². The second-order valence-electron chi connectivity index (χ2n) is 4.03. The van der Waals surface area contributed by atoms with Crippen LogP contribution in [0.1, 0.15) is 32.6 Å². The van der Waals surface area contributed by atoms with Gasteiger partial charge in [-0.3, -0.25) is 0 Å². The minimum absolute atomic E-state index is 0.348. The van der Waals surface area contributed by atoms with E-state index in [0.29, 0.717) is 12.3 Å². The summed E-state index contributed by atoms with van der Waals surface area (Å²) >= 11 is 0. The Morgan fingerprint density at radius 1 is 1.27 bits per heavy atom. The lowest BCUT2D eigenvalue weighted by molar-refractivity contribution is 0.427. The lowest BCUT2D eigenvalue weighted by Crippen LogP contribution is -2.27. The van der Waals surface area contributed by atoms with E-state index in [1.807, 2.05) is 0 Å². The third kappa shape index (κ3) is 4.49. The first-order valence-corrected chi connectivity index (χ1v) is 7.46. The highest BCUT2D eigenvalue weighted by atomic mass is 32.2. The quantitative estimate of drug-likeness (QED) is 0.663. The van der Waals surface area contributed by atoms with Crippen LogP contribution in [-0.2, 0) is 10.0 Å². The summed E-state index contributed by atoms with van der Waals surface area (Å²) in [6.07, 6.45) is 3.99. The fourth-order valence-corrected chi connectivity index (χ4v) is 3.35. The molecule has 0 amide bonds. The van der Waals surface area contributed by atoms with Gasteiger partial charge < -0.3 is 5.32 Å². The molecule has 15 heavy (non-hydrogen) atoms. The van der Waals surface area contributed by atoms with Crippen molar-refractivity contribution in [3.8, 4) is 0 Å². The van der Waals surface area contributed by atoms with E-state index in [0.717, 1.165) is 45.3 Å². The van der Waals surface area contributed by atoms with Gasteiger partial charge in [-0.05, 0) is 38.8 Å². The molecule has 4 nitrogen and oxygen atoms in total. The van der Waals surface area contributed by atoms with E-state index < -0.39 is 10.0 Å². The Balaban J connectivity index is 2.05. The molecule has 0 radical (unpaired) electrons. The molecule has 1 rings (SSSR count). The Bertz CT molecular complexity index is 265. The van der Waals surface area contributed by atoms with Gasteiger partial charge in [0.15, 0.2) is 0 Å². The molecule has 0 atom stereocenters. The van der Waals surface area contributed by atoms with Crippen molar-refractivity contribution in [2.75, 3.05) is 31.9 Å². The first-order valence-electron chi connectivity index (χ1n) is 5.85. The van der Waals surface area contributed by atoms with Crippen LogP contribution in [0, 0.1) is 0 Å². The van der Waals surface area contributed by atoms with E-state index in [1.165, 1.54) is 0 Å². The molecule has 0 bridgehead atoms. The van der Waals surface area contributed by atoms with E-state index in [1.54, 1.807) is 4.31 Å². The van der Waals surface area contributed by atoms with Gasteiger partial charge in [0.1, 0.15) is 0 Å². The van der Waals surface area contributed by atoms with E-state index in [2.05, 4.69) is 12.2 Å². The van der Waals surface area contributed by atoms with E-state index >= 15 is 0 Å². The van der Waals surface area contributed by atoms with E-state index in [9.17, 15) is 8.42 Å². The van der Waals surface area contributed by atoms with E-state index in [-0.39, 0.29) is 0 Å². The minimum atomic E-state index is -2.87. The third-order valence-corrected chi connectivity index (χ3v) is 4.60. The van der Waals surface area contributed by atoms with Crippen molar-refractivity contribution in [3.05, 3.63) is 0 Å². The lowest BCUT2D eigenvalue weighted by atomic mass is 10.3. The topological polar surface area (TPSA) is 49.4 Å². The van der Waals surface area contributed by atoms with E-state index in [4.69, 9.17) is 0 Å². The lowest BCUT2D eigenvalue weighted by Gasteiger charge is -2.13. The van der Waals surface area contributed by atoms with Crippen molar-refractivity contribution in [2.45, 2.75) is 32.6 Å². The highest BCUT2D eigenvalue weighted by Crippen LogP contribution is 2.13. The first-order chi connectivity index (χ1) is 7.17. The molecule has 1 aliphatic heterocycles. The number of hydrogen-bond donors (Lipinski definition) is 1. The molecule has 1 fully saturated rings. The molecule has 1 saturated heterocycles. The van der Waals surface area contributed by atoms with Gasteiger partial charge in [-0.15, -0.1) is 0 Å². The van der Waals surface area contributed by atoms with Gasteiger partial charge in [-0.25, -0.2) is 12.7 Å². The minimum Gasteiger partial charge on any atom is -0.317 e. The molecule has 0 aromatic carbocycles. The van der Waals surface area contributed by atoms with Crippen LogP contribution in [0.5, 0.6) is 0 Å². The summed E-state index contributed by atoms with van der Waals surface area (Å²) in [5.74, 6) is 0.348. The second-order valence-corrected chi connectivity index (χ2v) is 6.11. The molecule has 0 saturated carbocycles. The summed E-state index contributed by atoms with van der Waals surface area (Å²) in [6.45, 7) is 5.63. The van der Waals surface area contributed by atoms with Crippen molar-refractivity contribution in [1.29, 1.82) is 0 Å². The molecule has 90 valence electrons. The number of rotatable bonds is 7. The summed E-state index contributed by atoms with van der Waals surface area (Å²) < 4.78 is 24.5. The maximum Gasteiger partial charge on any atom is 0.214 e. The third-order valence-electron chi connectivity index (χ3n) is 2.64. The van der Waals surface area contributed by atoms with Gasteiger partial charge in [0, 0.05) is 13.1 Å². The molecular weight excluding hydrogens is 212 g/mol. The number of sulfonamides is 1. The summed E-state index contributed by atoms with van der Waals surface area (Å²) in [5.41, 5.74) is 0. The molecular formula is C10H22N2O2S. The standard InChI is InChI=1S/C10H22N2O2S/c1-2-6-11-7-3-4-8-12-9-5-10-15(12,13)14/h11H,2-10H2,1H3. The van der Waals surface area contributed by atoms with Gasteiger partial charge in [0.2, 0.25) is 10.0 Å². The Hall–Kier alpha value is -0.130. The molecule has 0 spiro atoms. The maximum atomic E-state index is 11.4. The molecule has 1 N–H and O–H groups in total. The Morgan fingerprint density at radius 3 is 2.67 bits per heavy atom. The maximum absolute atomic E-state index is 11.4. The highest BCUT2D eigenvalue weighted by Gasteiger charge is 2.26. The predicted octanol–water partition coefficient (Wildman–Crippen LogP) is 0.802. The smallest absolute Gasteiger partial charge is 0.214 e.